The van der Waals surface area contributed by atoms with Gasteiger partial charge in [0.2, 0.25) is 10.0 Å². The van der Waals surface area contributed by atoms with Gasteiger partial charge in [0, 0.05) is 13.1 Å². The first-order valence-corrected chi connectivity index (χ1v) is 10.7. The van der Waals surface area contributed by atoms with Crippen molar-refractivity contribution < 1.29 is 17.9 Å². The van der Waals surface area contributed by atoms with Crippen LogP contribution in [0, 0.1) is 19.8 Å². The van der Waals surface area contributed by atoms with Crippen molar-refractivity contribution in [1.82, 2.24) is 4.31 Å². The molecule has 146 valence electrons. The van der Waals surface area contributed by atoms with Crippen LogP contribution in [0.15, 0.2) is 17.0 Å². The number of carbonyl (C=O) groups excluding carboxylic acids is 1. The van der Waals surface area contributed by atoms with Crippen molar-refractivity contribution >= 4 is 16.0 Å². The van der Waals surface area contributed by atoms with Crippen LogP contribution in [0.3, 0.4) is 0 Å². The van der Waals surface area contributed by atoms with Gasteiger partial charge in [-0.1, -0.05) is 32.9 Å². The number of aryl methyl sites for hydroxylation is 2. The molecule has 1 aliphatic rings. The van der Waals surface area contributed by atoms with E-state index < -0.39 is 10.0 Å². The zero-order valence-electron chi connectivity index (χ0n) is 16.8. The number of benzene rings is 1. The molecule has 1 aromatic carbocycles. The van der Waals surface area contributed by atoms with Gasteiger partial charge in [0.1, 0.15) is 0 Å². The van der Waals surface area contributed by atoms with Gasteiger partial charge in [-0.2, -0.15) is 4.31 Å². The lowest BCUT2D eigenvalue weighted by Crippen LogP contribution is -2.41. The number of hydrogen-bond donors (Lipinski definition) is 0. The first-order chi connectivity index (χ1) is 12.0. The monoisotopic (exact) mass is 381 g/mol. The Morgan fingerprint density at radius 1 is 1.15 bits per heavy atom. The summed E-state index contributed by atoms with van der Waals surface area (Å²) in [6, 6.07) is 3.95. The van der Waals surface area contributed by atoms with E-state index in [0.29, 0.717) is 37.4 Å². The molecule has 5 nitrogen and oxygen atoms in total. The Hall–Kier alpha value is -1.40. The molecule has 2 rings (SSSR count). The smallest absolute Gasteiger partial charge is 0.309 e. The zero-order chi connectivity index (χ0) is 19.7. The SMILES string of the molecule is CCOC(=O)C1CCN(S(=O)(=O)c2c(C)cc(C(C)(C)C)cc2C)CC1. The van der Waals surface area contributed by atoms with Crippen LogP contribution >= 0.6 is 0 Å². The third kappa shape index (κ3) is 4.29. The molecular weight excluding hydrogens is 350 g/mol. The minimum atomic E-state index is -3.57. The lowest BCUT2D eigenvalue weighted by Gasteiger charge is -2.31. The predicted molar refractivity (Wildman–Crippen MR) is 103 cm³/mol. The second kappa shape index (κ2) is 7.69. The van der Waals surface area contributed by atoms with Gasteiger partial charge in [-0.3, -0.25) is 4.79 Å². The largest absolute Gasteiger partial charge is 0.466 e. The number of rotatable bonds is 4. The number of nitrogens with zero attached hydrogens (tertiary/aromatic N) is 1. The number of piperidine rings is 1. The topological polar surface area (TPSA) is 63.7 Å². The molecule has 1 aliphatic heterocycles. The zero-order valence-corrected chi connectivity index (χ0v) is 17.6. The molecule has 0 amide bonds. The number of carbonyl (C=O) groups is 1. The van der Waals surface area contributed by atoms with E-state index in [-0.39, 0.29) is 17.3 Å². The summed E-state index contributed by atoms with van der Waals surface area (Å²) in [7, 11) is -3.57. The van der Waals surface area contributed by atoms with Crippen molar-refractivity contribution in [3.8, 4) is 0 Å². The molecule has 0 N–H and O–H groups in total. The Kier molecular flexibility index (Phi) is 6.18. The highest BCUT2D eigenvalue weighted by Gasteiger charge is 2.34. The minimum absolute atomic E-state index is 0.0319. The van der Waals surface area contributed by atoms with E-state index in [2.05, 4.69) is 20.8 Å². The second-order valence-electron chi connectivity index (χ2n) is 8.12. The van der Waals surface area contributed by atoms with Crippen LogP contribution in [0.4, 0.5) is 0 Å². The maximum atomic E-state index is 13.2. The molecule has 0 atom stereocenters. The van der Waals surface area contributed by atoms with Crippen LogP contribution in [-0.2, 0) is 25.0 Å². The van der Waals surface area contributed by atoms with Crippen molar-refractivity contribution in [1.29, 1.82) is 0 Å². The fourth-order valence-corrected chi connectivity index (χ4v) is 5.39. The van der Waals surface area contributed by atoms with Crippen molar-refractivity contribution in [3.63, 3.8) is 0 Å². The molecule has 1 saturated heterocycles. The van der Waals surface area contributed by atoms with Crippen LogP contribution in [-0.4, -0.2) is 38.4 Å². The summed E-state index contributed by atoms with van der Waals surface area (Å²) in [6.07, 6.45) is 1.02. The quantitative estimate of drug-likeness (QED) is 0.748. The van der Waals surface area contributed by atoms with Crippen LogP contribution in [0.25, 0.3) is 0 Å². The second-order valence-corrected chi connectivity index (χ2v) is 9.99. The first-order valence-electron chi connectivity index (χ1n) is 9.27. The standard InChI is InChI=1S/C20H31NO4S/c1-7-25-19(22)16-8-10-21(11-9-16)26(23,24)18-14(2)12-17(13-15(18)3)20(4,5)6/h12-13,16H,7-11H2,1-6H3. The number of esters is 1. The van der Waals surface area contributed by atoms with Gasteiger partial charge in [0.05, 0.1) is 17.4 Å². The molecule has 0 bridgehead atoms. The average molecular weight is 382 g/mol. The fourth-order valence-electron chi connectivity index (χ4n) is 3.51. The number of ether oxygens (including phenoxy) is 1. The lowest BCUT2D eigenvalue weighted by molar-refractivity contribution is -0.149. The molecular formula is C20H31NO4S. The Morgan fingerprint density at radius 2 is 1.65 bits per heavy atom. The van der Waals surface area contributed by atoms with Gasteiger partial charge in [0.15, 0.2) is 0 Å². The van der Waals surface area contributed by atoms with Crippen molar-refractivity contribution in [2.75, 3.05) is 19.7 Å². The molecule has 0 aliphatic carbocycles. The maximum absolute atomic E-state index is 13.2. The van der Waals surface area contributed by atoms with Gasteiger partial charge in [0.25, 0.3) is 0 Å². The van der Waals surface area contributed by atoms with Crippen LogP contribution in [0.2, 0.25) is 0 Å². The molecule has 1 heterocycles. The summed E-state index contributed by atoms with van der Waals surface area (Å²) in [6.45, 7) is 12.9. The third-order valence-electron chi connectivity index (χ3n) is 5.00. The summed E-state index contributed by atoms with van der Waals surface area (Å²) in [4.78, 5) is 12.3. The summed E-state index contributed by atoms with van der Waals surface area (Å²) in [5.41, 5.74) is 2.66. The maximum Gasteiger partial charge on any atom is 0.309 e. The summed E-state index contributed by atoms with van der Waals surface area (Å²) in [5.74, 6) is -0.418. The molecule has 1 aromatic rings. The lowest BCUT2D eigenvalue weighted by atomic mass is 9.85. The molecule has 0 aromatic heterocycles. The van der Waals surface area contributed by atoms with E-state index in [1.54, 1.807) is 6.92 Å². The average Bonchev–Trinajstić information content (AvgIpc) is 2.53. The third-order valence-corrected chi connectivity index (χ3v) is 7.20. The van der Waals surface area contributed by atoms with E-state index in [9.17, 15) is 13.2 Å². The van der Waals surface area contributed by atoms with Gasteiger partial charge in [-0.05, 0) is 55.7 Å². The highest BCUT2D eigenvalue weighted by molar-refractivity contribution is 7.89. The van der Waals surface area contributed by atoms with Crippen LogP contribution in [0.1, 0.15) is 57.2 Å². The molecule has 0 saturated carbocycles. The number of hydrogen-bond acceptors (Lipinski definition) is 4. The predicted octanol–water partition coefficient (Wildman–Crippen LogP) is 3.56. The van der Waals surface area contributed by atoms with Gasteiger partial charge < -0.3 is 4.74 Å². The van der Waals surface area contributed by atoms with Crippen molar-refractivity contribution in [3.05, 3.63) is 28.8 Å². The van der Waals surface area contributed by atoms with E-state index in [4.69, 9.17) is 4.74 Å². The highest BCUT2D eigenvalue weighted by Crippen LogP contribution is 2.32. The molecule has 0 radical (unpaired) electrons. The molecule has 0 spiro atoms. The number of sulfonamides is 1. The Morgan fingerprint density at radius 3 is 2.08 bits per heavy atom. The van der Waals surface area contributed by atoms with Crippen LogP contribution in [0.5, 0.6) is 0 Å². The Bertz CT molecular complexity index is 746. The molecule has 0 unspecified atom stereocenters. The van der Waals surface area contributed by atoms with Crippen molar-refractivity contribution in [2.24, 2.45) is 5.92 Å². The molecule has 26 heavy (non-hydrogen) atoms. The van der Waals surface area contributed by atoms with Gasteiger partial charge >= 0.3 is 5.97 Å². The van der Waals surface area contributed by atoms with E-state index in [0.717, 1.165) is 16.7 Å². The summed E-state index contributed by atoms with van der Waals surface area (Å²) >= 11 is 0. The molecule has 6 heteroatoms. The van der Waals surface area contributed by atoms with E-state index in [1.807, 2.05) is 26.0 Å². The highest BCUT2D eigenvalue weighted by atomic mass is 32.2. The van der Waals surface area contributed by atoms with Gasteiger partial charge in [-0.15, -0.1) is 0 Å². The molecule has 1 fully saturated rings. The van der Waals surface area contributed by atoms with E-state index >= 15 is 0 Å². The van der Waals surface area contributed by atoms with Crippen molar-refractivity contribution in [2.45, 2.75) is 64.7 Å². The summed E-state index contributed by atoms with van der Waals surface area (Å²) < 4.78 is 33.0. The minimum Gasteiger partial charge on any atom is -0.466 e. The Labute approximate surface area is 157 Å². The normalized spacial score (nSPS) is 17.3. The van der Waals surface area contributed by atoms with E-state index in [1.165, 1.54) is 4.31 Å². The Balaban J connectivity index is 2.25. The first kappa shape index (κ1) is 20.9. The van der Waals surface area contributed by atoms with Gasteiger partial charge in [-0.25, -0.2) is 8.42 Å². The summed E-state index contributed by atoms with van der Waals surface area (Å²) in [5, 5.41) is 0. The van der Waals surface area contributed by atoms with Crippen LogP contribution < -0.4 is 0 Å². The fraction of sp³-hybridized carbons (Fsp3) is 0.650.